The Bertz CT molecular complexity index is 634. The molecule has 3 nitrogen and oxygen atoms in total. The van der Waals surface area contributed by atoms with E-state index in [9.17, 15) is 4.79 Å². The summed E-state index contributed by atoms with van der Waals surface area (Å²) in [4.78, 5) is 14.3. The molecule has 100 valence electrons. The molecule has 0 atom stereocenters. The summed E-state index contributed by atoms with van der Waals surface area (Å²) >= 11 is 2.18. The zero-order chi connectivity index (χ0) is 14.4. The van der Waals surface area contributed by atoms with E-state index in [1.165, 1.54) is 0 Å². The molecule has 0 N–H and O–H groups in total. The van der Waals surface area contributed by atoms with E-state index in [1.807, 2.05) is 48.5 Å². The molecular weight excluding hydrogens is 363 g/mol. The number of nitrogens with zero attached hydrogens (tertiary/aromatic N) is 2. The number of para-hydroxylation sites is 1. The Labute approximate surface area is 132 Å². The Kier molecular flexibility index (Phi) is 5.13. The number of benzene rings is 2. The van der Waals surface area contributed by atoms with E-state index >= 15 is 0 Å². The van der Waals surface area contributed by atoms with E-state index in [-0.39, 0.29) is 5.91 Å². The van der Waals surface area contributed by atoms with Gasteiger partial charge in [-0.25, -0.2) is 0 Å². The number of anilines is 1. The van der Waals surface area contributed by atoms with Gasteiger partial charge in [-0.15, -0.1) is 0 Å². The van der Waals surface area contributed by atoms with Gasteiger partial charge in [0.2, 0.25) is 0 Å². The lowest BCUT2D eigenvalue weighted by atomic mass is 10.1. The van der Waals surface area contributed by atoms with E-state index in [4.69, 9.17) is 5.26 Å². The van der Waals surface area contributed by atoms with Gasteiger partial charge in [-0.1, -0.05) is 24.3 Å². The third-order valence-electron chi connectivity index (χ3n) is 2.83. The number of rotatable bonds is 4. The van der Waals surface area contributed by atoms with Crippen LogP contribution in [0.2, 0.25) is 0 Å². The first kappa shape index (κ1) is 14.5. The van der Waals surface area contributed by atoms with Crippen LogP contribution in [0.5, 0.6) is 0 Å². The summed E-state index contributed by atoms with van der Waals surface area (Å²) in [6.45, 7) is 0.394. The third-order valence-corrected chi connectivity index (χ3v) is 3.50. The third kappa shape index (κ3) is 3.58. The molecule has 0 radical (unpaired) electrons. The lowest BCUT2D eigenvalue weighted by molar-refractivity contribution is 0.0987. The van der Waals surface area contributed by atoms with Gasteiger partial charge in [0.1, 0.15) is 0 Å². The molecule has 0 aromatic heterocycles. The minimum atomic E-state index is -0.0787. The van der Waals surface area contributed by atoms with Gasteiger partial charge in [0.15, 0.2) is 0 Å². The number of halogens is 1. The summed E-state index contributed by atoms with van der Waals surface area (Å²) < 4.78 is 1.02. The van der Waals surface area contributed by atoms with Crippen LogP contribution in [0.15, 0.2) is 54.6 Å². The molecule has 4 heteroatoms. The fraction of sp³-hybridized carbons (Fsp3) is 0.125. The number of nitriles is 1. The average Bonchev–Trinajstić information content (AvgIpc) is 2.48. The summed E-state index contributed by atoms with van der Waals surface area (Å²) in [7, 11) is 0. The van der Waals surface area contributed by atoms with Crippen LogP contribution in [-0.4, -0.2) is 12.5 Å². The fourth-order valence-corrected chi connectivity index (χ4v) is 2.44. The van der Waals surface area contributed by atoms with Crippen LogP contribution in [0, 0.1) is 14.9 Å². The van der Waals surface area contributed by atoms with Crippen LogP contribution in [0.4, 0.5) is 5.69 Å². The van der Waals surface area contributed by atoms with Crippen LogP contribution in [0.3, 0.4) is 0 Å². The minimum Gasteiger partial charge on any atom is -0.307 e. The van der Waals surface area contributed by atoms with Gasteiger partial charge in [-0.2, -0.15) is 5.26 Å². The zero-order valence-corrected chi connectivity index (χ0v) is 12.9. The van der Waals surface area contributed by atoms with Crippen molar-refractivity contribution in [2.24, 2.45) is 0 Å². The van der Waals surface area contributed by atoms with E-state index in [0.29, 0.717) is 18.5 Å². The highest BCUT2D eigenvalue weighted by molar-refractivity contribution is 14.1. The van der Waals surface area contributed by atoms with Crippen molar-refractivity contribution in [3.05, 3.63) is 63.7 Å². The molecule has 2 aromatic rings. The molecule has 0 saturated heterocycles. The van der Waals surface area contributed by atoms with Gasteiger partial charge >= 0.3 is 0 Å². The first-order chi connectivity index (χ1) is 9.72. The number of hydrogen-bond acceptors (Lipinski definition) is 2. The molecule has 0 fully saturated rings. The molecule has 0 aliphatic carbocycles. The summed E-state index contributed by atoms with van der Waals surface area (Å²) in [5.74, 6) is -0.0787. The Morgan fingerprint density at radius 3 is 2.55 bits per heavy atom. The Hall–Kier alpha value is -1.87. The summed E-state index contributed by atoms with van der Waals surface area (Å²) in [6.07, 6.45) is 0.310. The van der Waals surface area contributed by atoms with Gasteiger partial charge in [-0.05, 0) is 52.9 Å². The standard InChI is InChI=1S/C16H13IN2O/c17-14-7-4-6-13(12-14)16(20)19(11-5-10-18)15-8-2-1-3-9-15/h1-4,6-9,12H,5,11H2. The van der Waals surface area contributed by atoms with Crippen molar-refractivity contribution in [3.63, 3.8) is 0 Å². The smallest absolute Gasteiger partial charge is 0.258 e. The highest BCUT2D eigenvalue weighted by atomic mass is 127. The van der Waals surface area contributed by atoms with Crippen molar-refractivity contribution < 1.29 is 4.79 Å². The van der Waals surface area contributed by atoms with Gasteiger partial charge < -0.3 is 4.90 Å². The maximum Gasteiger partial charge on any atom is 0.258 e. The molecule has 0 spiro atoms. The lowest BCUT2D eigenvalue weighted by Gasteiger charge is -2.22. The molecule has 20 heavy (non-hydrogen) atoms. The van der Waals surface area contributed by atoms with Crippen molar-refractivity contribution in [2.45, 2.75) is 6.42 Å². The van der Waals surface area contributed by atoms with Crippen LogP contribution in [-0.2, 0) is 0 Å². The lowest BCUT2D eigenvalue weighted by Crippen LogP contribution is -2.31. The molecule has 0 bridgehead atoms. The summed E-state index contributed by atoms with van der Waals surface area (Å²) in [6, 6.07) is 19.0. The molecule has 2 rings (SSSR count). The molecule has 2 aromatic carbocycles. The highest BCUT2D eigenvalue weighted by Gasteiger charge is 2.17. The average molecular weight is 376 g/mol. The van der Waals surface area contributed by atoms with Crippen LogP contribution >= 0.6 is 22.6 Å². The number of carbonyl (C=O) groups excluding carboxylic acids is 1. The minimum absolute atomic E-state index is 0.0787. The maximum atomic E-state index is 12.6. The maximum absolute atomic E-state index is 12.6. The fourth-order valence-electron chi connectivity index (χ4n) is 1.89. The topological polar surface area (TPSA) is 44.1 Å². The van der Waals surface area contributed by atoms with Crippen molar-refractivity contribution in [1.29, 1.82) is 5.26 Å². The van der Waals surface area contributed by atoms with E-state index in [0.717, 1.165) is 9.26 Å². The van der Waals surface area contributed by atoms with Gasteiger partial charge in [0.05, 0.1) is 12.5 Å². The van der Waals surface area contributed by atoms with Gasteiger partial charge in [0.25, 0.3) is 5.91 Å². The number of carbonyl (C=O) groups is 1. The first-order valence-corrected chi connectivity index (χ1v) is 7.29. The van der Waals surface area contributed by atoms with Crippen LogP contribution in [0.1, 0.15) is 16.8 Å². The number of hydrogen-bond donors (Lipinski definition) is 0. The molecule has 0 aliphatic rings. The van der Waals surface area contributed by atoms with E-state index < -0.39 is 0 Å². The zero-order valence-electron chi connectivity index (χ0n) is 10.8. The van der Waals surface area contributed by atoms with E-state index in [1.54, 1.807) is 11.0 Å². The largest absolute Gasteiger partial charge is 0.307 e. The van der Waals surface area contributed by atoms with Gasteiger partial charge in [0, 0.05) is 21.4 Å². The predicted octanol–water partition coefficient (Wildman–Crippen LogP) is 3.85. The van der Waals surface area contributed by atoms with Crippen molar-refractivity contribution in [1.82, 2.24) is 0 Å². The van der Waals surface area contributed by atoms with Crippen molar-refractivity contribution >= 4 is 34.2 Å². The summed E-state index contributed by atoms with van der Waals surface area (Å²) in [5.41, 5.74) is 1.45. The molecule has 1 amide bonds. The Morgan fingerprint density at radius 1 is 1.15 bits per heavy atom. The first-order valence-electron chi connectivity index (χ1n) is 6.22. The SMILES string of the molecule is N#CCCN(C(=O)c1cccc(I)c1)c1ccccc1. The van der Waals surface area contributed by atoms with Gasteiger partial charge in [-0.3, -0.25) is 4.79 Å². The normalized spacial score (nSPS) is 9.80. The monoisotopic (exact) mass is 376 g/mol. The van der Waals surface area contributed by atoms with Crippen LogP contribution < -0.4 is 4.90 Å². The molecule has 0 saturated carbocycles. The Balaban J connectivity index is 2.32. The second-order valence-electron chi connectivity index (χ2n) is 4.21. The van der Waals surface area contributed by atoms with Crippen LogP contribution in [0.25, 0.3) is 0 Å². The van der Waals surface area contributed by atoms with Crippen molar-refractivity contribution in [2.75, 3.05) is 11.4 Å². The molecule has 0 heterocycles. The summed E-state index contributed by atoms with van der Waals surface area (Å²) in [5, 5.41) is 8.77. The van der Waals surface area contributed by atoms with Crippen molar-refractivity contribution in [3.8, 4) is 6.07 Å². The second kappa shape index (κ2) is 7.06. The molecular formula is C16H13IN2O. The van der Waals surface area contributed by atoms with E-state index in [2.05, 4.69) is 28.7 Å². The Morgan fingerprint density at radius 2 is 1.90 bits per heavy atom. The quantitative estimate of drug-likeness (QED) is 0.761. The molecule has 0 aliphatic heterocycles. The number of amides is 1. The highest BCUT2D eigenvalue weighted by Crippen LogP contribution is 2.18. The predicted molar refractivity (Wildman–Crippen MR) is 87.5 cm³/mol. The second-order valence-corrected chi connectivity index (χ2v) is 5.46. The molecule has 0 unspecified atom stereocenters.